The lowest BCUT2D eigenvalue weighted by Crippen LogP contribution is -2.46. The number of hydrogen-bond donors (Lipinski definition) is 1. The first-order valence-corrected chi connectivity index (χ1v) is 7.02. The number of piperidine rings is 1. The molecule has 0 spiro atoms. The number of carbonyl (C=O) groups is 1. The molecule has 1 aliphatic carbocycles. The fourth-order valence-corrected chi connectivity index (χ4v) is 3.04. The molecule has 0 unspecified atom stereocenters. The molecule has 3 heteroatoms. The summed E-state index contributed by atoms with van der Waals surface area (Å²) in [5, 5.41) is 0. The molecule has 0 bridgehead atoms. The molecule has 0 aromatic heterocycles. The molecule has 0 radical (unpaired) electrons. The maximum atomic E-state index is 12.4. The van der Waals surface area contributed by atoms with Crippen molar-refractivity contribution in [2.45, 2.75) is 52.5 Å². The van der Waals surface area contributed by atoms with Crippen molar-refractivity contribution in [3.63, 3.8) is 0 Å². The quantitative estimate of drug-likeness (QED) is 0.817. The smallest absolute Gasteiger partial charge is 0.226 e. The Hall–Kier alpha value is -0.570. The van der Waals surface area contributed by atoms with Gasteiger partial charge in [-0.3, -0.25) is 4.79 Å². The van der Waals surface area contributed by atoms with Gasteiger partial charge in [0.1, 0.15) is 0 Å². The van der Waals surface area contributed by atoms with Gasteiger partial charge in [0.05, 0.1) is 0 Å². The van der Waals surface area contributed by atoms with Crippen LogP contribution in [-0.2, 0) is 4.79 Å². The van der Waals surface area contributed by atoms with E-state index in [1.807, 2.05) is 0 Å². The van der Waals surface area contributed by atoms with Crippen LogP contribution in [0.4, 0.5) is 0 Å². The van der Waals surface area contributed by atoms with Gasteiger partial charge in [-0.15, -0.1) is 0 Å². The van der Waals surface area contributed by atoms with E-state index >= 15 is 0 Å². The van der Waals surface area contributed by atoms with Gasteiger partial charge in [-0.25, -0.2) is 0 Å². The summed E-state index contributed by atoms with van der Waals surface area (Å²) in [7, 11) is 0. The molecule has 17 heavy (non-hydrogen) atoms. The van der Waals surface area contributed by atoms with Gasteiger partial charge >= 0.3 is 0 Å². The molecule has 1 saturated carbocycles. The molecule has 4 atom stereocenters. The van der Waals surface area contributed by atoms with E-state index in [9.17, 15) is 4.79 Å². The molecule has 1 amide bonds. The van der Waals surface area contributed by atoms with Crippen LogP contribution < -0.4 is 5.73 Å². The molecule has 1 heterocycles. The molecule has 2 rings (SSSR count). The van der Waals surface area contributed by atoms with Crippen molar-refractivity contribution in [3.05, 3.63) is 0 Å². The van der Waals surface area contributed by atoms with E-state index in [4.69, 9.17) is 5.73 Å². The van der Waals surface area contributed by atoms with Crippen LogP contribution in [0.25, 0.3) is 0 Å². The lowest BCUT2D eigenvalue weighted by molar-refractivity contribution is -0.135. The molecule has 2 N–H and O–H groups in total. The van der Waals surface area contributed by atoms with Crippen molar-refractivity contribution < 1.29 is 4.79 Å². The molecule has 1 aliphatic heterocycles. The second-order valence-electron chi connectivity index (χ2n) is 6.31. The fourth-order valence-electron chi connectivity index (χ4n) is 3.04. The van der Waals surface area contributed by atoms with Crippen molar-refractivity contribution in [1.29, 1.82) is 0 Å². The third-order valence-corrected chi connectivity index (χ3v) is 4.97. The van der Waals surface area contributed by atoms with Crippen LogP contribution in [0.2, 0.25) is 0 Å². The van der Waals surface area contributed by atoms with E-state index in [0.717, 1.165) is 32.4 Å². The highest BCUT2D eigenvalue weighted by molar-refractivity contribution is 5.82. The number of amides is 1. The van der Waals surface area contributed by atoms with E-state index in [2.05, 4.69) is 25.7 Å². The maximum absolute atomic E-state index is 12.4. The zero-order valence-corrected chi connectivity index (χ0v) is 11.4. The normalized spacial score (nSPS) is 38.9. The summed E-state index contributed by atoms with van der Waals surface area (Å²) in [5.41, 5.74) is 6.25. The SMILES string of the molecule is CC[C@]1(C)C[C@@H]1C(=O)N1CCC[C@@H]([C@H](C)N)C1. The second kappa shape index (κ2) is 4.60. The van der Waals surface area contributed by atoms with Gasteiger partial charge in [0, 0.05) is 25.0 Å². The van der Waals surface area contributed by atoms with Crippen LogP contribution in [0.3, 0.4) is 0 Å². The number of hydrogen-bond acceptors (Lipinski definition) is 2. The zero-order valence-electron chi connectivity index (χ0n) is 11.4. The van der Waals surface area contributed by atoms with Gasteiger partial charge < -0.3 is 10.6 Å². The van der Waals surface area contributed by atoms with Crippen molar-refractivity contribution in [2.75, 3.05) is 13.1 Å². The third kappa shape index (κ3) is 2.49. The molecule has 0 aromatic rings. The van der Waals surface area contributed by atoms with E-state index in [1.165, 1.54) is 6.42 Å². The van der Waals surface area contributed by atoms with Crippen molar-refractivity contribution in [2.24, 2.45) is 23.0 Å². The molecule has 3 nitrogen and oxygen atoms in total. The minimum atomic E-state index is 0.211. The number of rotatable bonds is 3. The maximum Gasteiger partial charge on any atom is 0.226 e. The van der Waals surface area contributed by atoms with Gasteiger partial charge in [-0.1, -0.05) is 13.8 Å². The number of carbonyl (C=O) groups excluding carboxylic acids is 1. The summed E-state index contributed by atoms with van der Waals surface area (Å²) < 4.78 is 0. The van der Waals surface area contributed by atoms with Gasteiger partial charge in [0.25, 0.3) is 0 Å². The first-order valence-electron chi connectivity index (χ1n) is 7.02. The molecule has 1 saturated heterocycles. The van der Waals surface area contributed by atoms with Crippen LogP contribution in [-0.4, -0.2) is 29.9 Å². The van der Waals surface area contributed by atoms with Crippen LogP contribution in [0.5, 0.6) is 0 Å². The lowest BCUT2D eigenvalue weighted by Gasteiger charge is -2.35. The number of nitrogens with zero attached hydrogens (tertiary/aromatic N) is 1. The molecule has 98 valence electrons. The Labute approximate surface area is 105 Å². The Morgan fingerprint density at radius 1 is 1.59 bits per heavy atom. The van der Waals surface area contributed by atoms with Gasteiger partial charge in [-0.05, 0) is 43.9 Å². The average Bonchev–Trinajstić information content (AvgIpc) is 3.01. The summed E-state index contributed by atoms with van der Waals surface area (Å²) in [5.74, 6) is 1.18. The Morgan fingerprint density at radius 3 is 2.82 bits per heavy atom. The number of nitrogens with two attached hydrogens (primary N) is 1. The Bertz CT molecular complexity index is 303. The summed E-state index contributed by atoms with van der Waals surface area (Å²) in [6.07, 6.45) is 4.50. The molecular weight excluding hydrogens is 212 g/mol. The summed E-state index contributed by atoms with van der Waals surface area (Å²) in [6, 6.07) is 0.211. The van der Waals surface area contributed by atoms with Crippen LogP contribution >= 0.6 is 0 Å². The fraction of sp³-hybridized carbons (Fsp3) is 0.929. The highest BCUT2D eigenvalue weighted by Crippen LogP contribution is 2.55. The summed E-state index contributed by atoms with van der Waals surface area (Å²) in [6.45, 7) is 8.31. The van der Waals surface area contributed by atoms with Crippen molar-refractivity contribution >= 4 is 5.91 Å². The van der Waals surface area contributed by atoms with Crippen LogP contribution in [0.15, 0.2) is 0 Å². The van der Waals surface area contributed by atoms with E-state index in [1.54, 1.807) is 0 Å². The second-order valence-corrected chi connectivity index (χ2v) is 6.31. The van der Waals surface area contributed by atoms with Gasteiger partial charge in [0.15, 0.2) is 0 Å². The lowest BCUT2D eigenvalue weighted by atomic mass is 9.91. The Kier molecular flexibility index (Phi) is 3.48. The zero-order chi connectivity index (χ0) is 12.6. The summed E-state index contributed by atoms with van der Waals surface area (Å²) in [4.78, 5) is 14.5. The first-order chi connectivity index (χ1) is 7.98. The molecule has 2 aliphatic rings. The minimum Gasteiger partial charge on any atom is -0.342 e. The highest BCUT2D eigenvalue weighted by atomic mass is 16.2. The minimum absolute atomic E-state index is 0.211. The van der Waals surface area contributed by atoms with Gasteiger partial charge in [0.2, 0.25) is 5.91 Å². The molecule has 2 fully saturated rings. The average molecular weight is 238 g/mol. The van der Waals surface area contributed by atoms with Gasteiger partial charge in [-0.2, -0.15) is 0 Å². The van der Waals surface area contributed by atoms with Crippen molar-refractivity contribution in [3.8, 4) is 0 Å². The Morgan fingerprint density at radius 2 is 2.29 bits per heavy atom. The summed E-state index contributed by atoms with van der Waals surface area (Å²) >= 11 is 0. The topological polar surface area (TPSA) is 46.3 Å². The standard InChI is InChI=1S/C14H26N2O/c1-4-14(3)8-12(14)13(17)16-7-5-6-11(9-16)10(2)15/h10-12H,4-9,15H2,1-3H3/t10-,11+,12+,14+/m0/s1. The number of likely N-dealkylation sites (tertiary alicyclic amines) is 1. The first kappa shape index (κ1) is 12.9. The van der Waals surface area contributed by atoms with E-state index in [0.29, 0.717) is 23.2 Å². The predicted molar refractivity (Wildman–Crippen MR) is 69.5 cm³/mol. The molecule has 0 aromatic carbocycles. The van der Waals surface area contributed by atoms with E-state index in [-0.39, 0.29) is 6.04 Å². The van der Waals surface area contributed by atoms with E-state index < -0.39 is 0 Å². The van der Waals surface area contributed by atoms with Crippen LogP contribution in [0.1, 0.15) is 46.5 Å². The highest BCUT2D eigenvalue weighted by Gasteiger charge is 2.54. The van der Waals surface area contributed by atoms with Crippen molar-refractivity contribution in [1.82, 2.24) is 4.90 Å². The van der Waals surface area contributed by atoms with Crippen LogP contribution in [0, 0.1) is 17.3 Å². The Balaban J connectivity index is 1.92. The predicted octanol–water partition coefficient (Wildman–Crippen LogP) is 2.01. The third-order valence-electron chi connectivity index (χ3n) is 4.97. The molecular formula is C14H26N2O. The largest absolute Gasteiger partial charge is 0.342 e. The monoisotopic (exact) mass is 238 g/mol.